The number of urea groups is 1. The van der Waals surface area contributed by atoms with Gasteiger partial charge in [0.25, 0.3) is 5.56 Å². The van der Waals surface area contributed by atoms with Crippen molar-refractivity contribution in [3.05, 3.63) is 40.9 Å². The van der Waals surface area contributed by atoms with Crippen LogP contribution in [0.2, 0.25) is 0 Å². The normalized spacial score (nSPS) is 18.9. The summed E-state index contributed by atoms with van der Waals surface area (Å²) in [5.41, 5.74) is -0.118. The van der Waals surface area contributed by atoms with Crippen molar-refractivity contribution in [2.24, 2.45) is 0 Å². The van der Waals surface area contributed by atoms with Gasteiger partial charge < -0.3 is 10.2 Å². The maximum atomic E-state index is 12.6. The number of hydrogen-bond donors (Lipinski definition) is 1. The molecule has 0 aromatic carbocycles. The molecule has 2 aliphatic rings. The van der Waals surface area contributed by atoms with Gasteiger partial charge in [-0.3, -0.25) is 9.69 Å². The second kappa shape index (κ2) is 9.88. The van der Waals surface area contributed by atoms with E-state index >= 15 is 0 Å². The molecule has 9 nitrogen and oxygen atoms in total. The lowest BCUT2D eigenvalue weighted by Gasteiger charge is -2.35. The van der Waals surface area contributed by atoms with Crippen LogP contribution in [0.15, 0.2) is 35.4 Å². The van der Waals surface area contributed by atoms with E-state index in [0.717, 1.165) is 32.5 Å². The second-order valence-corrected chi connectivity index (χ2v) is 8.17. The van der Waals surface area contributed by atoms with Crippen LogP contribution in [0.1, 0.15) is 38.5 Å². The molecule has 162 valence electrons. The summed E-state index contributed by atoms with van der Waals surface area (Å²) in [6, 6.07) is 5.43. The van der Waals surface area contributed by atoms with Crippen LogP contribution < -0.4 is 10.9 Å². The first-order valence-electron chi connectivity index (χ1n) is 11.0. The van der Waals surface area contributed by atoms with Gasteiger partial charge in [-0.2, -0.15) is 5.10 Å². The largest absolute Gasteiger partial charge is 0.335 e. The van der Waals surface area contributed by atoms with Gasteiger partial charge in [0.05, 0.1) is 6.54 Å². The van der Waals surface area contributed by atoms with E-state index in [2.05, 4.69) is 20.4 Å². The van der Waals surface area contributed by atoms with Crippen LogP contribution in [0.3, 0.4) is 0 Å². The first kappa shape index (κ1) is 20.6. The van der Waals surface area contributed by atoms with Gasteiger partial charge in [-0.25, -0.2) is 14.2 Å². The number of rotatable bonds is 5. The molecular formula is C21H31N7O2. The molecule has 9 heteroatoms. The van der Waals surface area contributed by atoms with Crippen molar-refractivity contribution in [2.45, 2.75) is 51.1 Å². The van der Waals surface area contributed by atoms with Crippen LogP contribution in [0.4, 0.5) is 4.79 Å². The number of nitrogens with zero attached hydrogens (tertiary/aromatic N) is 6. The third kappa shape index (κ3) is 5.27. The Bertz CT molecular complexity index is 864. The van der Waals surface area contributed by atoms with Crippen LogP contribution in [0, 0.1) is 0 Å². The Kier molecular flexibility index (Phi) is 6.78. The molecule has 1 N–H and O–H groups in total. The van der Waals surface area contributed by atoms with E-state index in [1.54, 1.807) is 23.1 Å². The minimum atomic E-state index is -0.118. The van der Waals surface area contributed by atoms with E-state index in [1.807, 2.05) is 11.0 Å². The van der Waals surface area contributed by atoms with Crippen LogP contribution >= 0.6 is 0 Å². The van der Waals surface area contributed by atoms with Gasteiger partial charge in [0.2, 0.25) is 0 Å². The van der Waals surface area contributed by atoms with E-state index in [9.17, 15) is 9.59 Å². The Morgan fingerprint density at radius 2 is 1.80 bits per heavy atom. The minimum absolute atomic E-state index is 0.0753. The predicted octanol–water partition coefficient (Wildman–Crippen LogP) is 1.48. The highest BCUT2D eigenvalue weighted by molar-refractivity contribution is 5.74. The molecule has 2 aromatic heterocycles. The number of amides is 2. The van der Waals surface area contributed by atoms with Crippen molar-refractivity contribution in [1.29, 1.82) is 0 Å². The van der Waals surface area contributed by atoms with Crippen molar-refractivity contribution >= 4 is 6.03 Å². The number of nitrogens with one attached hydrogen (secondary N) is 1. The molecule has 2 amide bonds. The molecule has 1 aliphatic heterocycles. The molecule has 0 unspecified atom stereocenters. The third-order valence-electron chi connectivity index (χ3n) is 6.06. The Morgan fingerprint density at radius 3 is 2.50 bits per heavy atom. The number of hydrogen-bond acceptors (Lipinski definition) is 5. The van der Waals surface area contributed by atoms with Crippen molar-refractivity contribution in [1.82, 2.24) is 34.7 Å². The molecule has 0 bridgehead atoms. The van der Waals surface area contributed by atoms with Crippen molar-refractivity contribution in [2.75, 3.05) is 32.7 Å². The molecule has 0 spiro atoms. The zero-order chi connectivity index (χ0) is 20.8. The van der Waals surface area contributed by atoms with Crippen LogP contribution in [-0.4, -0.2) is 74.2 Å². The summed E-state index contributed by atoms with van der Waals surface area (Å²) >= 11 is 0. The summed E-state index contributed by atoms with van der Waals surface area (Å²) in [7, 11) is 0. The summed E-state index contributed by atoms with van der Waals surface area (Å²) in [5, 5.41) is 11.8. The summed E-state index contributed by atoms with van der Waals surface area (Å²) < 4.78 is 3.13. The van der Waals surface area contributed by atoms with Crippen LogP contribution in [0.5, 0.6) is 0 Å². The Hall–Kier alpha value is -2.68. The molecule has 2 fully saturated rings. The van der Waals surface area contributed by atoms with Gasteiger partial charge in [-0.15, -0.1) is 5.10 Å². The average Bonchev–Trinajstić information content (AvgIpc) is 3.19. The summed E-state index contributed by atoms with van der Waals surface area (Å²) in [5.74, 6) is 0.625. The first-order valence-corrected chi connectivity index (χ1v) is 11.0. The van der Waals surface area contributed by atoms with Crippen LogP contribution in [-0.2, 0) is 6.54 Å². The molecule has 30 heavy (non-hydrogen) atoms. The lowest BCUT2D eigenvalue weighted by Crippen LogP contribution is -2.53. The molecular weight excluding hydrogens is 382 g/mol. The third-order valence-corrected chi connectivity index (χ3v) is 6.06. The number of carbonyl (C=O) groups excluding carboxylic acids is 1. The highest BCUT2D eigenvalue weighted by atomic mass is 16.2. The minimum Gasteiger partial charge on any atom is -0.335 e. The van der Waals surface area contributed by atoms with Gasteiger partial charge in [0, 0.05) is 57.2 Å². The maximum absolute atomic E-state index is 12.6. The predicted molar refractivity (Wildman–Crippen MR) is 114 cm³/mol. The zero-order valence-electron chi connectivity index (χ0n) is 17.4. The lowest BCUT2D eigenvalue weighted by atomic mass is 10.1. The fourth-order valence-corrected chi connectivity index (χ4v) is 4.23. The zero-order valence-corrected chi connectivity index (χ0v) is 17.4. The van der Waals surface area contributed by atoms with E-state index < -0.39 is 0 Å². The average molecular weight is 414 g/mol. The van der Waals surface area contributed by atoms with Crippen molar-refractivity contribution < 1.29 is 4.79 Å². The summed E-state index contributed by atoms with van der Waals surface area (Å²) in [6.45, 7) is 4.30. The fraction of sp³-hybridized carbons (Fsp3) is 0.619. The highest BCUT2D eigenvalue weighted by Gasteiger charge is 2.23. The van der Waals surface area contributed by atoms with E-state index in [-0.39, 0.29) is 11.6 Å². The Morgan fingerprint density at radius 1 is 1.03 bits per heavy atom. The second-order valence-electron chi connectivity index (χ2n) is 8.17. The molecule has 0 radical (unpaired) electrons. The monoisotopic (exact) mass is 413 g/mol. The molecule has 4 rings (SSSR count). The van der Waals surface area contributed by atoms with Gasteiger partial charge >= 0.3 is 6.03 Å². The number of carbonyl (C=O) groups is 1. The molecule has 0 atom stereocenters. The van der Waals surface area contributed by atoms with E-state index in [0.29, 0.717) is 31.5 Å². The van der Waals surface area contributed by atoms with Gasteiger partial charge in [-0.1, -0.05) is 25.7 Å². The maximum Gasteiger partial charge on any atom is 0.317 e. The quantitative estimate of drug-likeness (QED) is 0.750. The highest BCUT2D eigenvalue weighted by Crippen LogP contribution is 2.17. The lowest BCUT2D eigenvalue weighted by molar-refractivity contribution is 0.133. The van der Waals surface area contributed by atoms with Gasteiger partial charge in [0.1, 0.15) is 0 Å². The SMILES string of the molecule is O=C(NC1CCCCCC1)N1CCN(CCn2nc(-n3cccn3)ccc2=O)CC1. The topological polar surface area (TPSA) is 88.3 Å². The molecule has 1 saturated heterocycles. The van der Waals surface area contributed by atoms with E-state index in [4.69, 9.17) is 0 Å². The van der Waals surface area contributed by atoms with Crippen molar-refractivity contribution in [3.8, 4) is 5.82 Å². The standard InChI is InChI=1S/C21H31N7O2/c29-20-9-8-19(27-11-5-10-22-27)24-28(20)17-14-25-12-15-26(16-13-25)21(30)23-18-6-3-1-2-4-7-18/h5,8-11,18H,1-4,6-7,12-17H2,(H,23,30). The first-order chi connectivity index (χ1) is 14.7. The smallest absolute Gasteiger partial charge is 0.317 e. The summed E-state index contributed by atoms with van der Waals surface area (Å²) in [6.07, 6.45) is 10.7. The number of aromatic nitrogens is 4. The van der Waals surface area contributed by atoms with Crippen molar-refractivity contribution in [3.63, 3.8) is 0 Å². The molecule has 3 heterocycles. The Labute approximate surface area is 176 Å². The van der Waals surface area contributed by atoms with Crippen LogP contribution in [0.25, 0.3) is 5.82 Å². The number of piperazine rings is 1. The van der Waals surface area contributed by atoms with E-state index in [1.165, 1.54) is 36.4 Å². The molecule has 1 saturated carbocycles. The van der Waals surface area contributed by atoms with Gasteiger partial charge in [-0.05, 0) is 25.0 Å². The fourth-order valence-electron chi connectivity index (χ4n) is 4.23. The molecule has 2 aromatic rings. The molecule has 1 aliphatic carbocycles. The van der Waals surface area contributed by atoms with Gasteiger partial charge in [0.15, 0.2) is 5.82 Å². The summed E-state index contributed by atoms with van der Waals surface area (Å²) in [4.78, 5) is 29.0. The Balaban J connectivity index is 1.25.